The number of piperidine rings is 1. The molecule has 4 N–H and O–H groups in total. The fraction of sp³-hybridized carbons (Fsp3) is 0.870. The number of rotatable bonds is 12. The Balaban J connectivity index is 1.68. The molecule has 3 saturated heterocycles. The summed E-state index contributed by atoms with van der Waals surface area (Å²) in [5.41, 5.74) is 0.761. The van der Waals surface area contributed by atoms with Crippen LogP contribution in [-0.4, -0.2) is 176 Å². The number of methoxy groups -OCH3 is 2. The highest BCUT2D eigenvalue weighted by Gasteiger charge is 2.48. The zero-order valence-corrected chi connectivity index (χ0v) is 38.9. The van der Waals surface area contributed by atoms with E-state index >= 15 is 0 Å². The Kier molecular flexibility index (Phi) is 20.3. The van der Waals surface area contributed by atoms with Crippen LogP contribution in [-0.2, 0) is 42.7 Å². The van der Waals surface area contributed by atoms with Crippen molar-refractivity contribution in [2.75, 3.05) is 54.6 Å². The van der Waals surface area contributed by atoms with Crippen LogP contribution in [0.2, 0.25) is 0 Å². The zero-order chi connectivity index (χ0) is 45.3. The highest BCUT2D eigenvalue weighted by atomic mass is 16.7. The normalized spacial score (nSPS) is 43.0. The maximum atomic E-state index is 14.0. The first-order chi connectivity index (χ1) is 28.8. The second-order valence-corrected chi connectivity index (χ2v) is 18.9. The first-order valence-corrected chi connectivity index (χ1v) is 22.6. The number of likely N-dealkylation sites (N-methyl/N-ethyl adjacent to an activating group) is 1. The van der Waals surface area contributed by atoms with Crippen LogP contribution in [0.4, 0.5) is 0 Å². The fourth-order valence-electron chi connectivity index (χ4n) is 10.0. The van der Waals surface area contributed by atoms with Crippen LogP contribution in [0, 0.1) is 35.5 Å². The standard InChI is InChI=1S/C46H80N2O13/c1-13-36-33(24-57-46-44(56-12)43(55-11)40(53)31(8)59-46)19-25(2)14-15-34(49)28(5)20-32(16-17-48-22-26(3)18-27(4)23-48)42(29(6)35(50)21-37(51)60-36)61-45-41(54)38(47(9)10)39(52)30(7)58-45/h14-15,19,26-33,35-36,38-46,50,52-54H,13,16-18,20-24H2,1-12H3/t26-,27+,28-,29-,30+,31+,32+,33+,35-,36-,38-,39-,40-,41-,42-,43-,44-,45-,46+/m0/s1. The SMILES string of the molecule is CC[C@@H]1OC(=O)C[C@H](O)[C@H](C)[C@H](O[C@@H]2O[C@H](C)[C@H](O)[C@H](N(C)C)[C@@H]2O)[C@H](CCN2C[C@H](C)C[C@H](C)C2)C[C@H](C)C(=O)C=CC(C)=C[C@@H]1CO[C@@H]1O[C@H](C)[C@H](O)[C@H](OC)[C@@H]1OC. The molecule has 0 radical (unpaired) electrons. The van der Waals surface area contributed by atoms with E-state index in [-0.39, 0.29) is 24.7 Å². The van der Waals surface area contributed by atoms with Gasteiger partial charge in [-0.05, 0) is 90.9 Å². The number of aliphatic hydroxyl groups is 4. The third-order valence-electron chi connectivity index (χ3n) is 13.5. The minimum absolute atomic E-state index is 0.0427. The lowest BCUT2D eigenvalue weighted by Crippen LogP contribution is -2.63. The van der Waals surface area contributed by atoms with Gasteiger partial charge in [-0.15, -0.1) is 0 Å². The molecule has 4 aliphatic rings. The third kappa shape index (κ3) is 13.8. The van der Waals surface area contributed by atoms with Crippen LogP contribution >= 0.6 is 0 Å². The van der Waals surface area contributed by atoms with Gasteiger partial charge in [-0.1, -0.05) is 52.3 Å². The minimum atomic E-state index is -1.23. The second kappa shape index (κ2) is 23.9. The van der Waals surface area contributed by atoms with E-state index in [0.29, 0.717) is 31.1 Å². The van der Waals surface area contributed by atoms with Crippen molar-refractivity contribution in [1.29, 1.82) is 0 Å². The minimum Gasteiger partial charge on any atom is -0.462 e. The number of ketones is 1. The number of esters is 1. The molecule has 4 heterocycles. The fourth-order valence-corrected chi connectivity index (χ4v) is 10.0. The van der Waals surface area contributed by atoms with Crippen LogP contribution in [0.3, 0.4) is 0 Å². The van der Waals surface area contributed by atoms with Crippen molar-refractivity contribution in [1.82, 2.24) is 9.80 Å². The highest BCUT2D eigenvalue weighted by Crippen LogP contribution is 2.36. The van der Waals surface area contributed by atoms with Crippen molar-refractivity contribution in [3.63, 3.8) is 0 Å². The van der Waals surface area contributed by atoms with Crippen molar-refractivity contribution in [3.05, 3.63) is 23.8 Å². The molecule has 0 aromatic heterocycles. The smallest absolute Gasteiger partial charge is 0.308 e. The van der Waals surface area contributed by atoms with Crippen LogP contribution in [0.15, 0.2) is 23.8 Å². The van der Waals surface area contributed by atoms with Crippen LogP contribution in [0.5, 0.6) is 0 Å². The monoisotopic (exact) mass is 869 g/mol. The molecule has 0 unspecified atom stereocenters. The summed E-state index contributed by atoms with van der Waals surface area (Å²) in [5.74, 6) is -1.46. The Hall–Kier alpha value is -1.86. The molecular formula is C46H80N2O13. The second-order valence-electron chi connectivity index (χ2n) is 18.9. The lowest BCUT2D eigenvalue weighted by molar-refractivity contribution is -0.304. The van der Waals surface area contributed by atoms with Gasteiger partial charge in [0.1, 0.15) is 30.5 Å². The average Bonchev–Trinajstić information content (AvgIpc) is 3.19. The molecule has 0 aliphatic carbocycles. The predicted octanol–water partition coefficient (Wildman–Crippen LogP) is 3.34. The van der Waals surface area contributed by atoms with Crippen molar-refractivity contribution in [2.24, 2.45) is 35.5 Å². The molecule has 0 spiro atoms. The van der Waals surface area contributed by atoms with E-state index < -0.39 is 103 Å². The topological polar surface area (TPSA) is 186 Å². The van der Waals surface area contributed by atoms with Gasteiger partial charge in [0.2, 0.25) is 0 Å². The molecule has 4 rings (SSSR count). The summed E-state index contributed by atoms with van der Waals surface area (Å²) in [7, 11) is 6.54. The number of cyclic esters (lactones) is 1. The molecule has 0 saturated carbocycles. The first-order valence-electron chi connectivity index (χ1n) is 22.6. The Labute approximate surface area is 365 Å². The largest absolute Gasteiger partial charge is 0.462 e. The number of hydrogen-bond acceptors (Lipinski definition) is 15. The molecule has 15 nitrogen and oxygen atoms in total. The number of likely N-dealkylation sites (tertiary alicyclic amines) is 1. The first kappa shape index (κ1) is 51.8. The summed E-state index contributed by atoms with van der Waals surface area (Å²) in [6.45, 7) is 18.2. The van der Waals surface area contributed by atoms with E-state index in [2.05, 4.69) is 18.7 Å². The molecular weight excluding hydrogens is 789 g/mol. The number of hydrogen-bond donors (Lipinski definition) is 4. The van der Waals surface area contributed by atoms with E-state index in [9.17, 15) is 30.0 Å². The maximum Gasteiger partial charge on any atom is 0.308 e. The molecule has 3 fully saturated rings. The summed E-state index contributed by atoms with van der Waals surface area (Å²) in [4.78, 5) is 32.1. The van der Waals surface area contributed by atoms with Crippen molar-refractivity contribution >= 4 is 11.8 Å². The molecule has 61 heavy (non-hydrogen) atoms. The van der Waals surface area contributed by atoms with Gasteiger partial charge in [0.25, 0.3) is 0 Å². The Bertz CT molecular complexity index is 1420. The van der Waals surface area contributed by atoms with Gasteiger partial charge in [0.15, 0.2) is 18.4 Å². The van der Waals surface area contributed by atoms with Crippen LogP contribution in [0.25, 0.3) is 0 Å². The highest BCUT2D eigenvalue weighted by molar-refractivity contribution is 5.91. The average molecular weight is 869 g/mol. The van der Waals surface area contributed by atoms with Gasteiger partial charge in [0.05, 0.1) is 49.6 Å². The van der Waals surface area contributed by atoms with Crippen molar-refractivity contribution in [3.8, 4) is 0 Å². The predicted molar refractivity (Wildman–Crippen MR) is 229 cm³/mol. The number of carbonyl (C=O) groups excluding carboxylic acids is 2. The van der Waals surface area contributed by atoms with E-state index in [4.69, 9.17) is 33.2 Å². The molecule has 15 heteroatoms. The van der Waals surface area contributed by atoms with Crippen LogP contribution in [0.1, 0.15) is 87.5 Å². The summed E-state index contributed by atoms with van der Waals surface area (Å²) in [6.07, 6.45) is -2.96. The number of aliphatic hydroxyl groups excluding tert-OH is 4. The Morgan fingerprint density at radius 3 is 2.05 bits per heavy atom. The van der Waals surface area contributed by atoms with Crippen molar-refractivity contribution in [2.45, 2.75) is 167 Å². The Morgan fingerprint density at radius 2 is 1.44 bits per heavy atom. The maximum absolute atomic E-state index is 14.0. The summed E-state index contributed by atoms with van der Waals surface area (Å²) < 4.78 is 42.6. The van der Waals surface area contributed by atoms with Gasteiger partial charge in [-0.2, -0.15) is 0 Å². The summed E-state index contributed by atoms with van der Waals surface area (Å²) in [6, 6.07) is -0.684. The summed E-state index contributed by atoms with van der Waals surface area (Å²) in [5, 5.41) is 45.3. The molecule has 0 aromatic carbocycles. The number of nitrogens with zero attached hydrogens (tertiary/aromatic N) is 2. The zero-order valence-electron chi connectivity index (χ0n) is 38.9. The lowest BCUT2D eigenvalue weighted by Gasteiger charge is -2.47. The third-order valence-corrected chi connectivity index (χ3v) is 13.5. The van der Waals surface area contributed by atoms with Gasteiger partial charge in [-0.3, -0.25) is 9.59 Å². The molecule has 0 amide bonds. The lowest BCUT2D eigenvalue weighted by atomic mass is 9.79. The van der Waals surface area contributed by atoms with Crippen molar-refractivity contribution < 1.29 is 63.2 Å². The summed E-state index contributed by atoms with van der Waals surface area (Å²) >= 11 is 0. The Morgan fingerprint density at radius 1 is 0.820 bits per heavy atom. The van der Waals surface area contributed by atoms with Gasteiger partial charge >= 0.3 is 5.97 Å². The number of carbonyl (C=O) groups is 2. The van der Waals surface area contributed by atoms with Gasteiger partial charge in [-0.25, -0.2) is 0 Å². The molecule has 4 aliphatic heterocycles. The van der Waals surface area contributed by atoms with E-state index in [1.54, 1.807) is 45.0 Å². The molecule has 19 atom stereocenters. The van der Waals surface area contributed by atoms with Crippen LogP contribution < -0.4 is 0 Å². The quantitative estimate of drug-likeness (QED) is 0.209. The number of ether oxygens (including phenoxy) is 7. The van der Waals surface area contributed by atoms with E-state index in [0.717, 1.165) is 25.2 Å². The molecule has 352 valence electrons. The van der Waals surface area contributed by atoms with E-state index in [1.807, 2.05) is 33.8 Å². The van der Waals surface area contributed by atoms with Gasteiger partial charge < -0.3 is 63.4 Å². The van der Waals surface area contributed by atoms with E-state index in [1.165, 1.54) is 20.6 Å². The molecule has 0 aromatic rings. The number of allylic oxidation sites excluding steroid dienone is 3. The molecule has 0 bridgehead atoms. The van der Waals surface area contributed by atoms with Gasteiger partial charge in [0, 0.05) is 45.1 Å².